The SMILES string of the molecule is Cc1nc(Cn2c(CCCl)nc3cc(Br)cnc32)oc1C. The first kappa shape index (κ1) is 14.5. The molecule has 110 valence electrons. The van der Waals surface area contributed by atoms with Crippen LogP contribution in [0.1, 0.15) is 23.2 Å². The summed E-state index contributed by atoms with van der Waals surface area (Å²) in [6, 6.07) is 1.95. The number of hydrogen-bond acceptors (Lipinski definition) is 4. The summed E-state index contributed by atoms with van der Waals surface area (Å²) in [4.78, 5) is 13.5. The zero-order chi connectivity index (χ0) is 15.0. The molecule has 0 spiro atoms. The largest absolute Gasteiger partial charge is 0.444 e. The van der Waals surface area contributed by atoms with Crippen molar-refractivity contribution in [3.05, 3.63) is 39.9 Å². The normalized spacial score (nSPS) is 11.4. The number of nitrogens with zero attached hydrogens (tertiary/aromatic N) is 4. The minimum atomic E-state index is 0.506. The summed E-state index contributed by atoms with van der Waals surface area (Å²) in [5.41, 5.74) is 2.56. The van der Waals surface area contributed by atoms with Crippen LogP contribution in [0.4, 0.5) is 0 Å². The lowest BCUT2D eigenvalue weighted by molar-refractivity contribution is 0.455. The van der Waals surface area contributed by atoms with Gasteiger partial charge in [0.05, 0.1) is 5.69 Å². The summed E-state index contributed by atoms with van der Waals surface area (Å²) in [6.45, 7) is 4.35. The van der Waals surface area contributed by atoms with E-state index in [0.29, 0.717) is 24.7 Å². The summed E-state index contributed by atoms with van der Waals surface area (Å²) in [5, 5.41) is 0. The Hall–Kier alpha value is -1.40. The Kier molecular flexibility index (Phi) is 3.99. The van der Waals surface area contributed by atoms with Gasteiger partial charge in [-0.15, -0.1) is 11.6 Å². The lowest BCUT2D eigenvalue weighted by atomic mass is 10.4. The van der Waals surface area contributed by atoms with Crippen LogP contribution in [-0.2, 0) is 13.0 Å². The molecular weight excluding hydrogens is 356 g/mol. The maximum Gasteiger partial charge on any atom is 0.214 e. The molecule has 21 heavy (non-hydrogen) atoms. The Labute approximate surface area is 135 Å². The topological polar surface area (TPSA) is 56.7 Å². The molecule has 0 atom stereocenters. The van der Waals surface area contributed by atoms with Gasteiger partial charge in [-0.05, 0) is 35.8 Å². The van der Waals surface area contributed by atoms with Crippen molar-refractivity contribution in [2.75, 3.05) is 5.88 Å². The van der Waals surface area contributed by atoms with E-state index in [1.807, 2.05) is 24.5 Å². The Bertz CT molecular complexity index is 776. The third-order valence-electron chi connectivity index (χ3n) is 3.31. The third kappa shape index (κ3) is 2.82. The van der Waals surface area contributed by atoms with Gasteiger partial charge in [-0.25, -0.2) is 15.0 Å². The van der Waals surface area contributed by atoms with Gasteiger partial charge < -0.3 is 8.98 Å². The Morgan fingerprint density at radius 1 is 1.33 bits per heavy atom. The molecule has 0 saturated carbocycles. The van der Waals surface area contributed by atoms with Crippen molar-refractivity contribution < 1.29 is 4.42 Å². The number of hydrogen-bond donors (Lipinski definition) is 0. The number of halogens is 2. The standard InChI is InChI=1S/C14H14BrClN4O/c1-8-9(2)21-13(18-8)7-20-12(3-4-16)19-11-5-10(15)6-17-14(11)20/h5-6H,3-4,7H2,1-2H3. The zero-order valence-electron chi connectivity index (χ0n) is 11.7. The van der Waals surface area contributed by atoms with Crippen LogP contribution in [0.25, 0.3) is 11.2 Å². The summed E-state index contributed by atoms with van der Waals surface area (Å²) >= 11 is 9.29. The fourth-order valence-electron chi connectivity index (χ4n) is 2.22. The highest BCUT2D eigenvalue weighted by Crippen LogP contribution is 2.21. The van der Waals surface area contributed by atoms with Crippen molar-refractivity contribution in [3.63, 3.8) is 0 Å². The molecule has 0 N–H and O–H groups in total. The van der Waals surface area contributed by atoms with Crippen LogP contribution in [-0.4, -0.2) is 25.4 Å². The summed E-state index contributed by atoms with van der Waals surface area (Å²) in [7, 11) is 0. The molecule has 3 rings (SSSR count). The maximum atomic E-state index is 5.88. The molecule has 5 nitrogen and oxygen atoms in total. The first-order valence-electron chi connectivity index (χ1n) is 6.58. The Balaban J connectivity index is 2.08. The van der Waals surface area contributed by atoms with E-state index < -0.39 is 0 Å². The van der Waals surface area contributed by atoms with E-state index in [1.165, 1.54) is 0 Å². The van der Waals surface area contributed by atoms with E-state index in [4.69, 9.17) is 16.0 Å². The maximum absolute atomic E-state index is 5.88. The smallest absolute Gasteiger partial charge is 0.214 e. The molecule has 7 heteroatoms. The van der Waals surface area contributed by atoms with Crippen molar-refractivity contribution in [2.45, 2.75) is 26.8 Å². The quantitative estimate of drug-likeness (QED) is 0.659. The highest BCUT2D eigenvalue weighted by molar-refractivity contribution is 9.10. The average molecular weight is 370 g/mol. The molecule has 0 saturated heterocycles. The third-order valence-corrected chi connectivity index (χ3v) is 3.94. The fourth-order valence-corrected chi connectivity index (χ4v) is 2.71. The summed E-state index contributed by atoms with van der Waals surface area (Å²) in [5.74, 6) is 2.89. The minimum Gasteiger partial charge on any atom is -0.444 e. The van der Waals surface area contributed by atoms with Crippen molar-refractivity contribution in [1.82, 2.24) is 19.5 Å². The number of pyridine rings is 1. The van der Waals surface area contributed by atoms with Gasteiger partial charge in [0.15, 0.2) is 5.65 Å². The van der Waals surface area contributed by atoms with Crippen molar-refractivity contribution in [2.24, 2.45) is 0 Å². The van der Waals surface area contributed by atoms with E-state index in [0.717, 1.165) is 32.9 Å². The zero-order valence-corrected chi connectivity index (χ0v) is 14.1. The lowest BCUT2D eigenvalue weighted by Crippen LogP contribution is -2.07. The monoisotopic (exact) mass is 368 g/mol. The molecule has 0 bridgehead atoms. The van der Waals surface area contributed by atoms with E-state index in [1.54, 1.807) is 6.20 Å². The molecule has 0 aromatic carbocycles. The van der Waals surface area contributed by atoms with Gasteiger partial charge in [0.25, 0.3) is 0 Å². The van der Waals surface area contributed by atoms with Gasteiger partial charge >= 0.3 is 0 Å². The van der Waals surface area contributed by atoms with Gasteiger partial charge in [0, 0.05) is 23.0 Å². The lowest BCUT2D eigenvalue weighted by Gasteiger charge is -2.04. The first-order valence-corrected chi connectivity index (χ1v) is 7.90. The molecule has 0 radical (unpaired) electrons. The van der Waals surface area contributed by atoms with Gasteiger partial charge in [-0.2, -0.15) is 0 Å². The molecule has 0 fully saturated rings. The molecular formula is C14H14BrClN4O. The van der Waals surface area contributed by atoms with Gasteiger partial charge in [-0.1, -0.05) is 0 Å². The Morgan fingerprint density at radius 3 is 2.81 bits per heavy atom. The number of fused-ring (bicyclic) bond motifs is 1. The molecule has 0 aliphatic rings. The predicted molar refractivity (Wildman–Crippen MR) is 84.7 cm³/mol. The molecule has 3 aromatic heterocycles. The van der Waals surface area contributed by atoms with Gasteiger partial charge in [0.1, 0.15) is 23.6 Å². The minimum absolute atomic E-state index is 0.506. The van der Waals surface area contributed by atoms with Crippen LogP contribution >= 0.6 is 27.5 Å². The van der Waals surface area contributed by atoms with Crippen molar-refractivity contribution >= 4 is 38.7 Å². The van der Waals surface area contributed by atoms with E-state index in [2.05, 4.69) is 30.9 Å². The second kappa shape index (κ2) is 5.77. The van der Waals surface area contributed by atoms with Gasteiger partial charge in [-0.3, -0.25) is 0 Å². The molecule has 3 heterocycles. The number of rotatable bonds is 4. The van der Waals surface area contributed by atoms with E-state index in [-0.39, 0.29) is 0 Å². The van der Waals surface area contributed by atoms with Crippen LogP contribution in [0.5, 0.6) is 0 Å². The number of oxazole rings is 1. The van der Waals surface area contributed by atoms with Gasteiger partial charge in [0.2, 0.25) is 5.89 Å². The highest BCUT2D eigenvalue weighted by Gasteiger charge is 2.15. The van der Waals surface area contributed by atoms with Crippen LogP contribution in [0, 0.1) is 13.8 Å². The average Bonchev–Trinajstić information content (AvgIpc) is 2.92. The molecule has 0 aliphatic heterocycles. The van der Waals surface area contributed by atoms with E-state index >= 15 is 0 Å². The predicted octanol–water partition coefficient (Wildman–Crippen LogP) is 3.63. The second-order valence-electron chi connectivity index (χ2n) is 4.80. The fraction of sp³-hybridized carbons (Fsp3) is 0.357. The molecule has 0 aliphatic carbocycles. The summed E-state index contributed by atoms with van der Waals surface area (Å²) < 4.78 is 8.58. The van der Waals surface area contributed by atoms with Crippen molar-refractivity contribution in [1.29, 1.82) is 0 Å². The van der Waals surface area contributed by atoms with Crippen LogP contribution in [0.2, 0.25) is 0 Å². The number of aromatic nitrogens is 4. The second-order valence-corrected chi connectivity index (χ2v) is 6.09. The first-order chi connectivity index (χ1) is 10.1. The molecule has 0 unspecified atom stereocenters. The van der Waals surface area contributed by atoms with Crippen molar-refractivity contribution in [3.8, 4) is 0 Å². The highest BCUT2D eigenvalue weighted by atomic mass is 79.9. The number of aryl methyl sites for hydroxylation is 3. The Morgan fingerprint density at radius 2 is 2.14 bits per heavy atom. The van der Waals surface area contributed by atoms with E-state index in [9.17, 15) is 0 Å². The number of imidazole rings is 1. The summed E-state index contributed by atoms with van der Waals surface area (Å²) in [6.07, 6.45) is 2.44. The van der Waals surface area contributed by atoms with Crippen LogP contribution in [0.3, 0.4) is 0 Å². The molecule has 0 amide bonds. The molecule has 3 aromatic rings. The van der Waals surface area contributed by atoms with Crippen LogP contribution in [0.15, 0.2) is 21.2 Å². The number of alkyl halides is 1. The van der Waals surface area contributed by atoms with Crippen LogP contribution < -0.4 is 0 Å².